The Morgan fingerprint density at radius 1 is 1.26 bits per heavy atom. The second kappa shape index (κ2) is 5.87. The van der Waals surface area contributed by atoms with Gasteiger partial charge in [0.1, 0.15) is 17.0 Å². The molecule has 3 atom stereocenters. The van der Waals surface area contributed by atoms with Crippen LogP contribution in [0.4, 0.5) is 14.6 Å². The Bertz CT molecular complexity index is 1270. The van der Waals surface area contributed by atoms with Crippen molar-refractivity contribution in [2.45, 2.75) is 38.2 Å². The fraction of sp³-hybridized carbons (Fsp3) is 0.476. The van der Waals surface area contributed by atoms with Gasteiger partial charge in [-0.1, -0.05) is 6.92 Å². The van der Waals surface area contributed by atoms with Crippen molar-refractivity contribution < 1.29 is 13.6 Å². The first-order valence-corrected chi connectivity index (χ1v) is 10.3. The summed E-state index contributed by atoms with van der Waals surface area (Å²) in [7, 11) is 0. The van der Waals surface area contributed by atoms with E-state index in [1.54, 1.807) is 34.1 Å². The van der Waals surface area contributed by atoms with Crippen LogP contribution in [0.15, 0.2) is 30.9 Å². The zero-order valence-electron chi connectivity index (χ0n) is 16.7. The highest BCUT2D eigenvalue weighted by atomic mass is 19.3. The predicted molar refractivity (Wildman–Crippen MR) is 105 cm³/mol. The van der Waals surface area contributed by atoms with Crippen molar-refractivity contribution in [1.82, 2.24) is 24.4 Å². The van der Waals surface area contributed by atoms with Crippen molar-refractivity contribution in [3.05, 3.63) is 30.9 Å². The summed E-state index contributed by atoms with van der Waals surface area (Å²) in [5.74, 6) is -2.55. The minimum Gasteiger partial charge on any atom is -0.293 e. The molecule has 10 heteroatoms. The van der Waals surface area contributed by atoms with Crippen LogP contribution in [0, 0.1) is 28.6 Å². The second-order valence-corrected chi connectivity index (χ2v) is 8.87. The number of anilines is 1. The van der Waals surface area contributed by atoms with E-state index in [-0.39, 0.29) is 24.2 Å². The maximum absolute atomic E-state index is 13.5. The Balaban J connectivity index is 1.43. The molecule has 3 fully saturated rings. The van der Waals surface area contributed by atoms with E-state index in [2.05, 4.69) is 16.3 Å². The molecule has 0 aromatic carbocycles. The first-order valence-electron chi connectivity index (χ1n) is 10.3. The van der Waals surface area contributed by atoms with E-state index in [4.69, 9.17) is 4.98 Å². The quantitative estimate of drug-likeness (QED) is 0.643. The monoisotopic (exact) mass is 423 g/mol. The minimum atomic E-state index is -2.73. The van der Waals surface area contributed by atoms with E-state index < -0.39 is 17.4 Å². The highest BCUT2D eigenvalue weighted by molar-refractivity contribution is 6.04. The fourth-order valence-corrected chi connectivity index (χ4v) is 4.86. The lowest BCUT2D eigenvalue weighted by Crippen LogP contribution is -2.37. The molecule has 0 radical (unpaired) electrons. The van der Waals surface area contributed by atoms with E-state index in [0.717, 1.165) is 12.8 Å². The number of hydrogen-bond acceptors (Lipinski definition) is 5. The van der Waals surface area contributed by atoms with Crippen LogP contribution < -0.4 is 4.90 Å². The molecule has 1 amide bonds. The van der Waals surface area contributed by atoms with E-state index in [1.807, 2.05) is 6.92 Å². The number of carbonyl (C=O) groups is 1. The number of nitrogens with zero attached hydrogens (tertiary/aromatic N) is 7. The second-order valence-electron chi connectivity index (χ2n) is 8.87. The molecule has 4 heterocycles. The van der Waals surface area contributed by atoms with Gasteiger partial charge in [0.25, 0.3) is 5.92 Å². The number of nitriles is 1. The first kappa shape index (κ1) is 18.4. The summed E-state index contributed by atoms with van der Waals surface area (Å²) in [6, 6.07) is 3.17. The third-order valence-electron chi connectivity index (χ3n) is 6.87. The zero-order valence-corrected chi connectivity index (χ0v) is 16.7. The number of halogens is 2. The number of alkyl halides is 2. The minimum absolute atomic E-state index is 0.0903. The highest BCUT2D eigenvalue weighted by Gasteiger charge is 2.61. The maximum atomic E-state index is 13.5. The van der Waals surface area contributed by atoms with Gasteiger partial charge in [0.2, 0.25) is 5.91 Å². The topological polar surface area (TPSA) is 92.1 Å². The number of rotatable bonds is 4. The Morgan fingerprint density at radius 2 is 2.03 bits per heavy atom. The highest BCUT2D eigenvalue weighted by Crippen LogP contribution is 2.55. The molecule has 31 heavy (non-hydrogen) atoms. The normalized spacial score (nSPS) is 29.5. The Hall–Kier alpha value is -3.35. The van der Waals surface area contributed by atoms with Crippen LogP contribution in [0.5, 0.6) is 0 Å². The van der Waals surface area contributed by atoms with Crippen LogP contribution in [0.1, 0.15) is 32.2 Å². The molecule has 2 aliphatic carbocycles. The Morgan fingerprint density at radius 3 is 2.71 bits per heavy atom. The van der Waals surface area contributed by atoms with Crippen molar-refractivity contribution in [3.8, 4) is 17.3 Å². The van der Waals surface area contributed by atoms with Gasteiger partial charge in [0.05, 0.1) is 30.4 Å². The number of amides is 1. The van der Waals surface area contributed by atoms with Gasteiger partial charge in [0.15, 0.2) is 5.82 Å². The average Bonchev–Trinajstić information content (AvgIpc) is 3.50. The van der Waals surface area contributed by atoms with Crippen LogP contribution in [-0.4, -0.2) is 42.8 Å². The molecule has 6 rings (SSSR count). The fourth-order valence-electron chi connectivity index (χ4n) is 4.86. The summed E-state index contributed by atoms with van der Waals surface area (Å²) in [6.45, 7) is 2.34. The molecule has 3 aromatic heterocycles. The first-order chi connectivity index (χ1) is 14.8. The number of aromatic nitrogens is 5. The van der Waals surface area contributed by atoms with Crippen LogP contribution in [0.25, 0.3) is 16.8 Å². The molecule has 3 aliphatic rings. The van der Waals surface area contributed by atoms with Crippen molar-refractivity contribution in [3.63, 3.8) is 0 Å². The van der Waals surface area contributed by atoms with Gasteiger partial charge >= 0.3 is 0 Å². The molecule has 1 aliphatic heterocycles. The van der Waals surface area contributed by atoms with Gasteiger partial charge in [-0.25, -0.2) is 18.3 Å². The van der Waals surface area contributed by atoms with Crippen molar-refractivity contribution in [2.75, 3.05) is 11.4 Å². The van der Waals surface area contributed by atoms with Crippen LogP contribution in [0.2, 0.25) is 0 Å². The molecule has 0 spiro atoms. The van der Waals surface area contributed by atoms with E-state index in [9.17, 15) is 18.8 Å². The molecule has 2 saturated carbocycles. The lowest BCUT2D eigenvalue weighted by molar-refractivity contribution is -0.124. The van der Waals surface area contributed by atoms with E-state index in [1.165, 1.54) is 10.9 Å². The molecule has 0 unspecified atom stereocenters. The van der Waals surface area contributed by atoms with E-state index in [0.29, 0.717) is 29.1 Å². The molecular weight excluding hydrogens is 404 g/mol. The lowest BCUT2D eigenvalue weighted by Gasteiger charge is -2.23. The molecule has 158 valence electrons. The summed E-state index contributed by atoms with van der Waals surface area (Å²) >= 11 is 0. The predicted octanol–water partition coefficient (Wildman–Crippen LogP) is 3.08. The average molecular weight is 423 g/mol. The van der Waals surface area contributed by atoms with Crippen molar-refractivity contribution in [1.29, 1.82) is 5.26 Å². The van der Waals surface area contributed by atoms with Gasteiger partial charge in [-0.05, 0) is 24.8 Å². The standard InChI is InChI=1S/C21H19F2N7O/c1-12-8-28(19(31)20(12,11-24)14-2-3-14)18-16-4-5-25-29(16)10-15(27-18)13-7-26-30(9-13)17-6-21(17,22)23/h4-5,7,9-10,12,14,17H,2-3,6,8H2,1H3/t12-,17-,20+/m1/s1. The number of fused-ring (bicyclic) bond motifs is 1. The van der Waals surface area contributed by atoms with Crippen LogP contribution >= 0.6 is 0 Å². The van der Waals surface area contributed by atoms with Gasteiger partial charge in [0, 0.05) is 30.6 Å². The summed E-state index contributed by atoms with van der Waals surface area (Å²) < 4.78 is 29.7. The third-order valence-corrected chi connectivity index (χ3v) is 6.87. The summed E-state index contributed by atoms with van der Waals surface area (Å²) in [6.07, 6.45) is 7.90. The van der Waals surface area contributed by atoms with Gasteiger partial charge in [-0.3, -0.25) is 14.4 Å². The maximum Gasteiger partial charge on any atom is 0.272 e. The summed E-state index contributed by atoms with van der Waals surface area (Å²) in [5, 5.41) is 18.3. The molecule has 1 saturated heterocycles. The molecule has 3 aromatic rings. The summed E-state index contributed by atoms with van der Waals surface area (Å²) in [4.78, 5) is 19.8. The SMILES string of the molecule is C[C@@H]1CN(c2nc(-c3cnn([C@@H]4CC4(F)F)c3)cn3nccc23)C(=O)[C@]1(C#N)C1CC1. The molecule has 0 bridgehead atoms. The van der Waals surface area contributed by atoms with Gasteiger partial charge in [-0.2, -0.15) is 15.5 Å². The largest absolute Gasteiger partial charge is 0.293 e. The molecule has 8 nitrogen and oxygen atoms in total. The smallest absolute Gasteiger partial charge is 0.272 e. The summed E-state index contributed by atoms with van der Waals surface area (Å²) in [5.41, 5.74) is 0.671. The van der Waals surface area contributed by atoms with Crippen LogP contribution in [-0.2, 0) is 4.79 Å². The van der Waals surface area contributed by atoms with Crippen LogP contribution in [0.3, 0.4) is 0 Å². The number of hydrogen-bond donors (Lipinski definition) is 0. The van der Waals surface area contributed by atoms with Gasteiger partial charge < -0.3 is 0 Å². The van der Waals surface area contributed by atoms with Crippen molar-refractivity contribution in [2.24, 2.45) is 17.3 Å². The van der Waals surface area contributed by atoms with Crippen molar-refractivity contribution >= 4 is 17.2 Å². The van der Waals surface area contributed by atoms with Gasteiger partial charge in [-0.15, -0.1) is 0 Å². The lowest BCUT2D eigenvalue weighted by atomic mass is 9.75. The number of carbonyl (C=O) groups excluding carboxylic acids is 1. The van der Waals surface area contributed by atoms with E-state index >= 15 is 0 Å². The zero-order chi connectivity index (χ0) is 21.5. The molecular formula is C21H19F2N7O. The molecule has 0 N–H and O–H groups in total. The Kier molecular flexibility index (Phi) is 3.49. The Labute approximate surface area is 176 Å². The third kappa shape index (κ3) is 2.49.